The van der Waals surface area contributed by atoms with Crippen molar-refractivity contribution in [2.24, 2.45) is 0 Å². The topological polar surface area (TPSA) is 12.0 Å². The highest BCUT2D eigenvalue weighted by Gasteiger charge is 2.14. The molecule has 0 bridgehead atoms. The number of hydrogen-bond donors (Lipinski definition) is 1. The van der Waals surface area contributed by atoms with Gasteiger partial charge in [-0.1, -0.05) is 13.0 Å². The SMILES string of the molecule is CCc1ccc(CC(NC)c2ccc(F)cc2I)s1. The van der Waals surface area contributed by atoms with Crippen molar-refractivity contribution in [3.05, 3.63) is 55.0 Å². The minimum absolute atomic E-state index is 0.174. The summed E-state index contributed by atoms with van der Waals surface area (Å²) in [5.74, 6) is -0.174. The van der Waals surface area contributed by atoms with Crippen LogP contribution in [0.1, 0.15) is 28.3 Å². The molecule has 1 aromatic heterocycles. The molecule has 0 spiro atoms. The van der Waals surface area contributed by atoms with E-state index in [1.807, 2.05) is 24.5 Å². The highest BCUT2D eigenvalue weighted by atomic mass is 127. The zero-order chi connectivity index (χ0) is 13.8. The fraction of sp³-hybridized carbons (Fsp3) is 0.333. The average Bonchev–Trinajstić information content (AvgIpc) is 2.84. The Morgan fingerprint density at radius 1 is 1.26 bits per heavy atom. The summed E-state index contributed by atoms with van der Waals surface area (Å²) in [5, 5.41) is 3.33. The van der Waals surface area contributed by atoms with E-state index >= 15 is 0 Å². The zero-order valence-electron chi connectivity index (χ0n) is 11.0. The van der Waals surface area contributed by atoms with Crippen LogP contribution in [0.2, 0.25) is 0 Å². The van der Waals surface area contributed by atoms with Crippen LogP contribution in [0.5, 0.6) is 0 Å². The zero-order valence-corrected chi connectivity index (χ0v) is 14.0. The average molecular weight is 389 g/mol. The van der Waals surface area contributed by atoms with Crippen molar-refractivity contribution >= 4 is 33.9 Å². The molecular formula is C15H17FINS. The molecule has 4 heteroatoms. The first-order chi connectivity index (χ1) is 9.13. The maximum atomic E-state index is 13.2. The number of likely N-dealkylation sites (N-methyl/N-ethyl adjacent to an activating group) is 1. The van der Waals surface area contributed by atoms with E-state index in [-0.39, 0.29) is 11.9 Å². The second-order valence-electron chi connectivity index (χ2n) is 4.43. The Bertz CT molecular complexity index is 553. The molecule has 0 radical (unpaired) electrons. The van der Waals surface area contributed by atoms with E-state index in [2.05, 4.69) is 47.0 Å². The Morgan fingerprint density at radius 2 is 2.00 bits per heavy atom. The molecular weight excluding hydrogens is 372 g/mol. The molecule has 0 amide bonds. The van der Waals surface area contributed by atoms with Crippen molar-refractivity contribution < 1.29 is 4.39 Å². The van der Waals surface area contributed by atoms with Crippen molar-refractivity contribution in [1.29, 1.82) is 0 Å². The molecule has 0 aliphatic rings. The maximum Gasteiger partial charge on any atom is 0.124 e. The molecule has 1 N–H and O–H groups in total. The molecule has 0 saturated heterocycles. The lowest BCUT2D eigenvalue weighted by molar-refractivity contribution is 0.586. The molecule has 102 valence electrons. The predicted octanol–water partition coefficient (Wildman–Crippen LogP) is 4.56. The van der Waals surface area contributed by atoms with Gasteiger partial charge in [0.2, 0.25) is 0 Å². The summed E-state index contributed by atoms with van der Waals surface area (Å²) in [4.78, 5) is 2.79. The lowest BCUT2D eigenvalue weighted by Crippen LogP contribution is -2.19. The molecule has 2 rings (SSSR count). The number of benzene rings is 1. The van der Waals surface area contributed by atoms with Gasteiger partial charge in [-0.15, -0.1) is 11.3 Å². The van der Waals surface area contributed by atoms with Gasteiger partial charge in [0.05, 0.1) is 0 Å². The third-order valence-electron chi connectivity index (χ3n) is 3.16. The van der Waals surface area contributed by atoms with Crippen LogP contribution in [0.15, 0.2) is 30.3 Å². The van der Waals surface area contributed by atoms with Crippen molar-refractivity contribution in [3.63, 3.8) is 0 Å². The Hall–Kier alpha value is -0.460. The Morgan fingerprint density at radius 3 is 2.58 bits per heavy atom. The van der Waals surface area contributed by atoms with Crippen LogP contribution >= 0.6 is 33.9 Å². The summed E-state index contributed by atoms with van der Waals surface area (Å²) in [7, 11) is 1.96. The Kier molecular flexibility index (Phi) is 5.36. The highest BCUT2D eigenvalue weighted by molar-refractivity contribution is 14.1. The van der Waals surface area contributed by atoms with Crippen molar-refractivity contribution in [3.8, 4) is 0 Å². The lowest BCUT2D eigenvalue weighted by atomic mass is 10.0. The first kappa shape index (κ1) is 14.9. The smallest absolute Gasteiger partial charge is 0.124 e. The molecule has 1 aromatic carbocycles. The van der Waals surface area contributed by atoms with E-state index in [0.29, 0.717) is 0 Å². The molecule has 19 heavy (non-hydrogen) atoms. The van der Waals surface area contributed by atoms with Crippen LogP contribution < -0.4 is 5.32 Å². The van der Waals surface area contributed by atoms with Crippen LogP contribution in [0.4, 0.5) is 4.39 Å². The second-order valence-corrected chi connectivity index (χ2v) is 6.85. The molecule has 1 heterocycles. The minimum Gasteiger partial charge on any atom is -0.313 e. The molecule has 0 aliphatic carbocycles. The van der Waals surface area contributed by atoms with Crippen LogP contribution in [0.3, 0.4) is 0 Å². The summed E-state index contributed by atoms with van der Waals surface area (Å²) < 4.78 is 14.1. The van der Waals surface area contributed by atoms with Gasteiger partial charge in [0.25, 0.3) is 0 Å². The number of halogens is 2. The number of thiophene rings is 1. The van der Waals surface area contributed by atoms with Crippen LogP contribution in [-0.4, -0.2) is 7.05 Å². The van der Waals surface area contributed by atoms with Crippen molar-refractivity contribution in [1.82, 2.24) is 5.32 Å². The van der Waals surface area contributed by atoms with Gasteiger partial charge in [0.1, 0.15) is 5.82 Å². The largest absolute Gasteiger partial charge is 0.313 e. The van der Waals surface area contributed by atoms with Gasteiger partial charge in [-0.2, -0.15) is 0 Å². The number of rotatable bonds is 5. The summed E-state index contributed by atoms with van der Waals surface area (Å²) >= 11 is 4.07. The number of hydrogen-bond acceptors (Lipinski definition) is 2. The third kappa shape index (κ3) is 3.77. The first-order valence-electron chi connectivity index (χ1n) is 6.33. The lowest BCUT2D eigenvalue weighted by Gasteiger charge is -2.17. The van der Waals surface area contributed by atoms with Gasteiger partial charge in [0.15, 0.2) is 0 Å². The number of aryl methyl sites for hydroxylation is 1. The fourth-order valence-electron chi connectivity index (χ4n) is 2.07. The standard InChI is InChI=1S/C15H17FINS/c1-3-11-5-6-12(19-11)9-15(18-2)13-7-4-10(16)8-14(13)17/h4-8,15,18H,3,9H2,1-2H3. The van der Waals surface area contributed by atoms with Gasteiger partial charge in [0, 0.05) is 25.8 Å². The van der Waals surface area contributed by atoms with Gasteiger partial charge in [-0.3, -0.25) is 0 Å². The van der Waals surface area contributed by atoms with E-state index in [1.165, 1.54) is 15.8 Å². The maximum absolute atomic E-state index is 13.2. The quantitative estimate of drug-likeness (QED) is 0.740. The third-order valence-corrected chi connectivity index (χ3v) is 5.34. The van der Waals surface area contributed by atoms with Gasteiger partial charge < -0.3 is 5.32 Å². The molecule has 1 nitrogen and oxygen atoms in total. The van der Waals surface area contributed by atoms with Crippen molar-refractivity contribution in [2.45, 2.75) is 25.8 Å². The monoisotopic (exact) mass is 389 g/mol. The summed E-state index contributed by atoms with van der Waals surface area (Å²) in [5.41, 5.74) is 1.16. The van der Waals surface area contributed by atoms with Gasteiger partial charge in [-0.25, -0.2) is 4.39 Å². The summed E-state index contributed by atoms with van der Waals surface area (Å²) in [6.45, 7) is 2.17. The number of nitrogens with one attached hydrogen (secondary N) is 1. The highest BCUT2D eigenvalue weighted by Crippen LogP contribution is 2.27. The summed E-state index contributed by atoms with van der Waals surface area (Å²) in [6, 6.07) is 9.63. The normalized spacial score (nSPS) is 12.6. The van der Waals surface area contributed by atoms with Crippen molar-refractivity contribution in [2.75, 3.05) is 7.05 Å². The Labute approximate surface area is 131 Å². The molecule has 0 fully saturated rings. The van der Waals surface area contributed by atoms with E-state index < -0.39 is 0 Å². The van der Waals surface area contributed by atoms with E-state index in [9.17, 15) is 4.39 Å². The van der Waals surface area contributed by atoms with Crippen LogP contribution in [0, 0.1) is 9.39 Å². The first-order valence-corrected chi connectivity index (χ1v) is 8.23. The molecule has 0 aliphatic heterocycles. The fourth-order valence-corrected chi connectivity index (χ4v) is 3.93. The summed E-state index contributed by atoms with van der Waals surface area (Å²) in [6.07, 6.45) is 2.03. The van der Waals surface area contributed by atoms with Crippen LogP contribution in [-0.2, 0) is 12.8 Å². The minimum atomic E-state index is -0.174. The molecule has 0 saturated carbocycles. The van der Waals surface area contributed by atoms with Gasteiger partial charge in [-0.05, 0) is 65.9 Å². The van der Waals surface area contributed by atoms with E-state index in [4.69, 9.17) is 0 Å². The second kappa shape index (κ2) is 6.81. The molecule has 1 unspecified atom stereocenters. The molecule has 1 atom stereocenters. The Balaban J connectivity index is 2.19. The predicted molar refractivity (Wildman–Crippen MR) is 88.3 cm³/mol. The van der Waals surface area contributed by atoms with Crippen LogP contribution in [0.25, 0.3) is 0 Å². The van der Waals surface area contributed by atoms with E-state index in [1.54, 1.807) is 6.07 Å². The van der Waals surface area contributed by atoms with Gasteiger partial charge >= 0.3 is 0 Å². The van der Waals surface area contributed by atoms with E-state index in [0.717, 1.165) is 22.0 Å². The molecule has 2 aromatic rings.